The summed E-state index contributed by atoms with van der Waals surface area (Å²) < 4.78 is 26.1. The predicted octanol–water partition coefficient (Wildman–Crippen LogP) is 1.90. The second kappa shape index (κ2) is 8.26. The fourth-order valence-electron chi connectivity index (χ4n) is 1.48. The second-order valence-electron chi connectivity index (χ2n) is 4.37. The van der Waals surface area contributed by atoms with Crippen LogP contribution < -0.4 is 4.72 Å². The van der Waals surface area contributed by atoms with Crippen LogP contribution in [0.5, 0.6) is 0 Å². The van der Waals surface area contributed by atoms with Crippen molar-refractivity contribution in [2.24, 2.45) is 0 Å². The molecule has 0 heterocycles. The van der Waals surface area contributed by atoms with Crippen molar-refractivity contribution in [1.82, 2.24) is 4.72 Å². The molecule has 0 saturated heterocycles. The van der Waals surface area contributed by atoms with Crippen LogP contribution >= 0.6 is 0 Å². The van der Waals surface area contributed by atoms with E-state index < -0.39 is 27.3 Å². The summed E-state index contributed by atoms with van der Waals surface area (Å²) in [5, 5.41) is 8.39. The molecule has 0 aliphatic carbocycles. The second-order valence-corrected chi connectivity index (χ2v) is 6.50. The van der Waals surface area contributed by atoms with Gasteiger partial charge in [-0.3, -0.25) is 4.79 Å². The highest BCUT2D eigenvalue weighted by Gasteiger charge is 2.27. The zero-order chi connectivity index (χ0) is 14.2. The van der Waals surface area contributed by atoms with Gasteiger partial charge in [-0.25, -0.2) is 13.1 Å². The van der Waals surface area contributed by atoms with E-state index in [-0.39, 0.29) is 6.42 Å². The summed E-state index contributed by atoms with van der Waals surface area (Å²) in [4.78, 5) is 11.0. The average molecular weight is 277 g/mol. The van der Waals surface area contributed by atoms with E-state index in [0.29, 0.717) is 12.8 Å². The first-order chi connectivity index (χ1) is 8.35. The minimum absolute atomic E-state index is 0.221. The largest absolute Gasteiger partial charge is 0.480 e. The number of allylic oxidation sites excluding steroid dienone is 1. The van der Waals surface area contributed by atoms with Crippen LogP contribution in [0.4, 0.5) is 0 Å². The summed E-state index contributed by atoms with van der Waals surface area (Å²) in [5.74, 6) is -1.15. The van der Waals surface area contributed by atoms with Crippen molar-refractivity contribution in [3.63, 3.8) is 0 Å². The van der Waals surface area contributed by atoms with E-state index in [2.05, 4.69) is 11.3 Å². The van der Waals surface area contributed by atoms with Crippen molar-refractivity contribution < 1.29 is 18.3 Å². The summed E-state index contributed by atoms with van der Waals surface area (Å²) in [6.45, 7) is 7.08. The minimum atomic E-state index is -3.57. The van der Waals surface area contributed by atoms with Crippen molar-refractivity contribution in [3.8, 4) is 0 Å². The first-order valence-electron chi connectivity index (χ1n) is 6.20. The van der Waals surface area contributed by atoms with Gasteiger partial charge in [0.05, 0.1) is 5.25 Å². The predicted molar refractivity (Wildman–Crippen MR) is 71.9 cm³/mol. The number of carboxylic acid groups (broad SMARTS) is 1. The van der Waals surface area contributed by atoms with Crippen molar-refractivity contribution in [2.45, 2.75) is 57.2 Å². The highest BCUT2D eigenvalue weighted by molar-refractivity contribution is 7.90. The maximum absolute atomic E-state index is 11.9. The van der Waals surface area contributed by atoms with E-state index in [0.717, 1.165) is 12.8 Å². The standard InChI is InChI=1S/C12H23NO4S/c1-4-6-8-10(3)18(16,17)13-11(12(14)15)9-7-5-2/h5,10-11,13H,2,4,6-9H2,1,3H3,(H,14,15)/t10?,11-/m0/s1. The lowest BCUT2D eigenvalue weighted by Crippen LogP contribution is -2.44. The van der Waals surface area contributed by atoms with Crippen molar-refractivity contribution in [3.05, 3.63) is 12.7 Å². The van der Waals surface area contributed by atoms with Crippen LogP contribution in [0.15, 0.2) is 12.7 Å². The van der Waals surface area contributed by atoms with Gasteiger partial charge >= 0.3 is 5.97 Å². The topological polar surface area (TPSA) is 83.5 Å². The molecule has 0 saturated carbocycles. The molecule has 0 spiro atoms. The van der Waals surface area contributed by atoms with E-state index in [1.807, 2.05) is 6.92 Å². The number of sulfonamides is 1. The Labute approximate surface area is 109 Å². The molecule has 0 aliphatic rings. The third kappa shape index (κ3) is 6.16. The first kappa shape index (κ1) is 17.1. The van der Waals surface area contributed by atoms with Crippen LogP contribution in [0.2, 0.25) is 0 Å². The Morgan fingerprint density at radius 1 is 1.44 bits per heavy atom. The van der Waals surface area contributed by atoms with Crippen molar-refractivity contribution in [2.75, 3.05) is 0 Å². The summed E-state index contributed by atoms with van der Waals surface area (Å²) >= 11 is 0. The van der Waals surface area contributed by atoms with E-state index in [4.69, 9.17) is 5.11 Å². The number of aliphatic carboxylic acids is 1. The van der Waals surface area contributed by atoms with Crippen LogP contribution in [-0.4, -0.2) is 30.8 Å². The zero-order valence-electron chi connectivity index (χ0n) is 11.1. The van der Waals surface area contributed by atoms with E-state index in [1.165, 1.54) is 0 Å². The third-order valence-corrected chi connectivity index (χ3v) is 4.67. The van der Waals surface area contributed by atoms with Crippen molar-refractivity contribution in [1.29, 1.82) is 0 Å². The molecule has 0 amide bonds. The number of hydrogen-bond donors (Lipinski definition) is 2. The summed E-state index contributed by atoms with van der Waals surface area (Å²) in [6, 6.07) is -1.07. The van der Waals surface area contributed by atoms with Gasteiger partial charge in [-0.15, -0.1) is 6.58 Å². The Kier molecular flexibility index (Phi) is 7.86. The van der Waals surface area contributed by atoms with Crippen LogP contribution in [0.1, 0.15) is 46.0 Å². The first-order valence-corrected chi connectivity index (χ1v) is 7.74. The molecule has 1 unspecified atom stereocenters. The molecule has 2 atom stereocenters. The molecular weight excluding hydrogens is 254 g/mol. The molecular formula is C12H23NO4S. The molecule has 0 fully saturated rings. The van der Waals surface area contributed by atoms with Crippen LogP contribution in [0.25, 0.3) is 0 Å². The summed E-state index contributed by atoms with van der Waals surface area (Å²) in [7, 11) is -3.57. The maximum atomic E-state index is 11.9. The molecule has 2 N–H and O–H groups in total. The lowest BCUT2D eigenvalue weighted by atomic mass is 10.2. The monoisotopic (exact) mass is 277 g/mol. The van der Waals surface area contributed by atoms with Crippen molar-refractivity contribution >= 4 is 16.0 Å². The number of carboxylic acids is 1. The molecule has 106 valence electrons. The number of hydrogen-bond acceptors (Lipinski definition) is 3. The van der Waals surface area contributed by atoms with Gasteiger partial charge in [0.1, 0.15) is 6.04 Å². The average Bonchev–Trinajstić information content (AvgIpc) is 2.30. The fraction of sp³-hybridized carbons (Fsp3) is 0.750. The SMILES string of the molecule is C=CCC[C@H](NS(=O)(=O)C(C)CCCC)C(=O)O. The highest BCUT2D eigenvalue weighted by Crippen LogP contribution is 2.10. The Balaban J connectivity index is 4.58. The van der Waals surface area contributed by atoms with Gasteiger partial charge in [0.2, 0.25) is 10.0 Å². The Morgan fingerprint density at radius 2 is 2.06 bits per heavy atom. The number of rotatable bonds is 10. The summed E-state index contributed by atoms with van der Waals surface area (Å²) in [5.41, 5.74) is 0. The number of nitrogens with one attached hydrogen (secondary N) is 1. The minimum Gasteiger partial charge on any atom is -0.480 e. The fourth-order valence-corrected chi connectivity index (χ4v) is 2.80. The Morgan fingerprint density at radius 3 is 2.50 bits per heavy atom. The molecule has 0 aromatic rings. The Bertz CT molecular complexity index is 364. The molecule has 0 radical (unpaired) electrons. The quantitative estimate of drug-likeness (QED) is 0.597. The Hall–Kier alpha value is -0.880. The molecule has 0 rings (SSSR count). The molecule has 18 heavy (non-hydrogen) atoms. The smallest absolute Gasteiger partial charge is 0.321 e. The van der Waals surface area contributed by atoms with Gasteiger partial charge in [-0.1, -0.05) is 25.8 Å². The molecule has 0 bridgehead atoms. The van der Waals surface area contributed by atoms with Crippen LogP contribution in [-0.2, 0) is 14.8 Å². The zero-order valence-corrected chi connectivity index (χ0v) is 11.9. The van der Waals surface area contributed by atoms with Crippen LogP contribution in [0.3, 0.4) is 0 Å². The van der Waals surface area contributed by atoms with Gasteiger partial charge in [0.25, 0.3) is 0 Å². The highest BCUT2D eigenvalue weighted by atomic mass is 32.2. The van der Waals surface area contributed by atoms with Gasteiger partial charge in [0, 0.05) is 0 Å². The molecule has 5 nitrogen and oxygen atoms in total. The van der Waals surface area contributed by atoms with E-state index in [1.54, 1.807) is 13.0 Å². The van der Waals surface area contributed by atoms with Crippen LogP contribution in [0, 0.1) is 0 Å². The number of unbranched alkanes of at least 4 members (excludes halogenated alkanes) is 1. The van der Waals surface area contributed by atoms with Gasteiger partial charge in [0.15, 0.2) is 0 Å². The van der Waals surface area contributed by atoms with E-state index in [9.17, 15) is 13.2 Å². The lowest BCUT2D eigenvalue weighted by molar-refractivity contribution is -0.139. The molecule has 0 aliphatic heterocycles. The molecule has 6 heteroatoms. The molecule has 0 aromatic carbocycles. The molecule has 0 aromatic heterocycles. The van der Waals surface area contributed by atoms with E-state index >= 15 is 0 Å². The lowest BCUT2D eigenvalue weighted by Gasteiger charge is -2.18. The van der Waals surface area contributed by atoms with Gasteiger partial charge < -0.3 is 5.11 Å². The normalized spacial score (nSPS) is 15.0. The van der Waals surface area contributed by atoms with Gasteiger partial charge in [-0.2, -0.15) is 0 Å². The summed E-state index contributed by atoms with van der Waals surface area (Å²) in [6.07, 6.45) is 4.52. The third-order valence-electron chi connectivity index (χ3n) is 2.76. The number of carbonyl (C=O) groups is 1. The maximum Gasteiger partial charge on any atom is 0.321 e. The van der Waals surface area contributed by atoms with Gasteiger partial charge in [-0.05, 0) is 26.2 Å².